The van der Waals surface area contributed by atoms with Crippen LogP contribution in [-0.4, -0.2) is 53.1 Å². The van der Waals surface area contributed by atoms with E-state index in [-0.39, 0.29) is 18.8 Å². The van der Waals surface area contributed by atoms with E-state index in [0.717, 1.165) is 42.0 Å². The maximum Gasteiger partial charge on any atom is 0.276 e. The van der Waals surface area contributed by atoms with Crippen LogP contribution in [0.15, 0.2) is 60.7 Å². The maximum atomic E-state index is 12.2. The molecule has 3 aromatic rings. The van der Waals surface area contributed by atoms with Gasteiger partial charge in [0.05, 0.1) is 33.0 Å². The van der Waals surface area contributed by atoms with E-state index in [9.17, 15) is 9.90 Å². The molecule has 1 saturated heterocycles. The quantitative estimate of drug-likeness (QED) is 0.289. The number of hydrogen-bond donors (Lipinski definition) is 2. The van der Waals surface area contributed by atoms with Gasteiger partial charge in [-0.05, 0) is 52.9 Å². The molecule has 0 radical (unpaired) electrons. The van der Waals surface area contributed by atoms with Crippen LogP contribution in [0.25, 0.3) is 0 Å². The third kappa shape index (κ3) is 7.32. The molecule has 0 spiro atoms. The van der Waals surface area contributed by atoms with Gasteiger partial charge in [0.2, 0.25) is 0 Å². The lowest BCUT2D eigenvalue weighted by atomic mass is 9.97. The standard InChI is InChI=1S/C31H33Cl3N2O6/c1-39-27-13-21-10-11-36(16-23(21)14-28(27)40-2)17-25-15-26(20-8-6-19(18-37)7-9-20)42-29(41-25)22-4-3-5-24(12-22)35-30(38)31(32,33)34/h3-9,12-14,25-26,29,37H,10-11,15-18H2,1-2H3,(H,35,38). The van der Waals surface area contributed by atoms with Crippen molar-refractivity contribution in [2.24, 2.45) is 0 Å². The van der Waals surface area contributed by atoms with Crippen molar-refractivity contribution < 1.29 is 28.8 Å². The van der Waals surface area contributed by atoms with Gasteiger partial charge in [-0.25, -0.2) is 0 Å². The van der Waals surface area contributed by atoms with Crippen molar-refractivity contribution in [1.82, 2.24) is 4.90 Å². The van der Waals surface area contributed by atoms with E-state index < -0.39 is 16.0 Å². The smallest absolute Gasteiger partial charge is 0.276 e. The molecule has 3 aromatic carbocycles. The first kappa shape index (κ1) is 30.9. The summed E-state index contributed by atoms with van der Waals surface area (Å²) in [6.45, 7) is 2.31. The van der Waals surface area contributed by atoms with E-state index in [1.165, 1.54) is 11.1 Å². The molecule has 1 fully saturated rings. The number of nitrogens with one attached hydrogen (secondary N) is 1. The van der Waals surface area contributed by atoms with Gasteiger partial charge >= 0.3 is 0 Å². The fourth-order valence-electron chi connectivity index (χ4n) is 5.38. The molecule has 0 bridgehead atoms. The topological polar surface area (TPSA) is 89.5 Å². The number of alkyl halides is 3. The maximum absolute atomic E-state index is 12.2. The van der Waals surface area contributed by atoms with Gasteiger partial charge in [-0.2, -0.15) is 0 Å². The van der Waals surface area contributed by atoms with Crippen molar-refractivity contribution in [3.05, 3.63) is 88.5 Å². The molecule has 5 rings (SSSR count). The normalized spacial score (nSPS) is 21.0. The number of fused-ring (bicyclic) bond motifs is 1. The minimum absolute atomic E-state index is 0.0278. The summed E-state index contributed by atoms with van der Waals surface area (Å²) >= 11 is 17.2. The van der Waals surface area contributed by atoms with Crippen molar-refractivity contribution in [3.8, 4) is 11.5 Å². The summed E-state index contributed by atoms with van der Waals surface area (Å²) in [7, 11) is 3.29. The molecule has 0 saturated carbocycles. The molecule has 0 aliphatic carbocycles. The van der Waals surface area contributed by atoms with Crippen LogP contribution in [0.2, 0.25) is 0 Å². The Bertz CT molecular complexity index is 1400. The lowest BCUT2D eigenvalue weighted by Crippen LogP contribution is -2.41. The number of amides is 1. The van der Waals surface area contributed by atoms with E-state index >= 15 is 0 Å². The van der Waals surface area contributed by atoms with E-state index in [1.54, 1.807) is 32.4 Å². The highest BCUT2D eigenvalue weighted by Gasteiger charge is 2.35. The van der Waals surface area contributed by atoms with Crippen LogP contribution in [0, 0.1) is 0 Å². The zero-order chi connectivity index (χ0) is 29.9. The summed E-state index contributed by atoms with van der Waals surface area (Å²) in [5.41, 5.74) is 5.46. The van der Waals surface area contributed by atoms with Gasteiger partial charge in [0.25, 0.3) is 9.70 Å². The molecule has 2 aliphatic heterocycles. The number of anilines is 1. The van der Waals surface area contributed by atoms with E-state index in [1.807, 2.05) is 30.3 Å². The van der Waals surface area contributed by atoms with Gasteiger partial charge in [0.1, 0.15) is 0 Å². The van der Waals surface area contributed by atoms with E-state index in [4.69, 9.17) is 53.8 Å². The number of methoxy groups -OCH3 is 2. The Morgan fingerprint density at radius 3 is 2.38 bits per heavy atom. The first-order valence-electron chi connectivity index (χ1n) is 13.6. The summed E-state index contributed by atoms with van der Waals surface area (Å²) < 4.78 is 21.9. The van der Waals surface area contributed by atoms with Crippen LogP contribution in [0.4, 0.5) is 5.69 Å². The average molecular weight is 636 g/mol. The summed E-state index contributed by atoms with van der Waals surface area (Å²) in [5.74, 6) is 0.700. The Morgan fingerprint density at radius 1 is 1.00 bits per heavy atom. The number of hydrogen-bond acceptors (Lipinski definition) is 7. The second-order valence-corrected chi connectivity index (χ2v) is 12.7. The van der Waals surface area contributed by atoms with Crippen LogP contribution < -0.4 is 14.8 Å². The van der Waals surface area contributed by atoms with Crippen molar-refractivity contribution in [3.63, 3.8) is 0 Å². The molecule has 0 aromatic heterocycles. The number of ether oxygens (including phenoxy) is 4. The third-order valence-electron chi connectivity index (χ3n) is 7.55. The molecule has 11 heteroatoms. The first-order chi connectivity index (χ1) is 20.2. The minimum atomic E-state index is -2.09. The van der Waals surface area contributed by atoms with Crippen molar-refractivity contribution in [1.29, 1.82) is 0 Å². The molecular weight excluding hydrogens is 603 g/mol. The van der Waals surface area contributed by atoms with Crippen LogP contribution in [0.5, 0.6) is 11.5 Å². The third-order valence-corrected chi connectivity index (χ3v) is 8.06. The first-order valence-corrected chi connectivity index (χ1v) is 14.7. The highest BCUT2D eigenvalue weighted by molar-refractivity contribution is 6.76. The Labute approximate surface area is 260 Å². The van der Waals surface area contributed by atoms with Gasteiger partial charge in [-0.1, -0.05) is 71.2 Å². The summed E-state index contributed by atoms with van der Waals surface area (Å²) in [6.07, 6.45) is 0.444. The largest absolute Gasteiger partial charge is 0.493 e. The highest BCUT2D eigenvalue weighted by Crippen LogP contribution is 2.40. The highest BCUT2D eigenvalue weighted by atomic mass is 35.6. The fraction of sp³-hybridized carbons (Fsp3) is 0.387. The van der Waals surface area contributed by atoms with Gasteiger partial charge in [0, 0.05) is 37.3 Å². The number of aliphatic hydroxyl groups excluding tert-OH is 1. The average Bonchev–Trinajstić information content (AvgIpc) is 2.99. The molecular formula is C31H33Cl3N2O6. The summed E-state index contributed by atoms with van der Waals surface area (Å²) in [5, 5.41) is 12.1. The van der Waals surface area contributed by atoms with E-state index in [2.05, 4.69) is 22.3 Å². The Kier molecular flexibility index (Phi) is 9.84. The molecule has 224 valence electrons. The monoisotopic (exact) mass is 634 g/mol. The minimum Gasteiger partial charge on any atom is -0.493 e. The number of rotatable bonds is 8. The lowest BCUT2D eigenvalue weighted by molar-refractivity contribution is -0.253. The zero-order valence-electron chi connectivity index (χ0n) is 23.3. The van der Waals surface area contributed by atoms with Gasteiger partial charge in [0.15, 0.2) is 17.8 Å². The van der Waals surface area contributed by atoms with Crippen LogP contribution in [0.1, 0.15) is 46.6 Å². The SMILES string of the molecule is COc1cc2c(cc1OC)CN(CC1CC(c3ccc(CO)cc3)OC(c3cccc(NC(=O)C(Cl)(Cl)Cl)c3)O1)CC2. The predicted molar refractivity (Wildman–Crippen MR) is 162 cm³/mol. The molecule has 3 atom stereocenters. The second kappa shape index (κ2) is 13.4. The molecule has 2 aliphatic rings. The Hall–Kier alpha value is -2.56. The molecule has 42 heavy (non-hydrogen) atoms. The van der Waals surface area contributed by atoms with Crippen LogP contribution >= 0.6 is 34.8 Å². The Balaban J connectivity index is 1.36. The van der Waals surface area contributed by atoms with Crippen molar-refractivity contribution in [2.45, 2.75) is 48.3 Å². The second-order valence-electron chi connectivity index (χ2n) is 10.4. The summed E-state index contributed by atoms with van der Waals surface area (Å²) in [4.78, 5) is 14.6. The number of carbonyl (C=O) groups excluding carboxylic acids is 1. The Morgan fingerprint density at radius 2 is 1.71 bits per heavy atom. The number of halogens is 3. The zero-order valence-corrected chi connectivity index (χ0v) is 25.6. The molecule has 2 N–H and O–H groups in total. The molecule has 1 amide bonds. The van der Waals surface area contributed by atoms with Gasteiger partial charge in [-0.3, -0.25) is 9.69 Å². The fourth-order valence-corrected chi connectivity index (χ4v) is 5.53. The van der Waals surface area contributed by atoms with Crippen molar-refractivity contribution >= 4 is 46.4 Å². The lowest BCUT2D eigenvalue weighted by Gasteiger charge is -2.39. The number of nitrogens with zero attached hydrogens (tertiary/aromatic N) is 1. The summed E-state index contributed by atoms with van der Waals surface area (Å²) in [6, 6.07) is 19.0. The number of carbonyl (C=O) groups is 1. The molecule has 8 nitrogen and oxygen atoms in total. The molecule has 2 heterocycles. The van der Waals surface area contributed by atoms with Crippen LogP contribution in [0.3, 0.4) is 0 Å². The molecule has 3 unspecified atom stereocenters. The van der Waals surface area contributed by atoms with Gasteiger partial charge in [-0.15, -0.1) is 0 Å². The number of benzene rings is 3. The van der Waals surface area contributed by atoms with Gasteiger partial charge < -0.3 is 29.4 Å². The predicted octanol–water partition coefficient (Wildman–Crippen LogP) is 6.11. The van der Waals surface area contributed by atoms with Crippen LogP contribution in [-0.2, 0) is 33.8 Å². The van der Waals surface area contributed by atoms with Crippen molar-refractivity contribution in [2.75, 3.05) is 32.6 Å². The number of aliphatic hydroxyl groups is 1. The van der Waals surface area contributed by atoms with E-state index in [0.29, 0.717) is 24.4 Å².